The average Bonchev–Trinajstić information content (AvgIpc) is 3.31. The van der Waals surface area contributed by atoms with Crippen molar-refractivity contribution in [3.63, 3.8) is 0 Å². The summed E-state index contributed by atoms with van der Waals surface area (Å²) in [6, 6.07) is 1.81. The Labute approximate surface area is 153 Å². The number of rotatable bonds is 4. The van der Waals surface area contributed by atoms with Crippen LogP contribution >= 0.6 is 0 Å². The van der Waals surface area contributed by atoms with Gasteiger partial charge in [-0.2, -0.15) is 4.98 Å². The van der Waals surface area contributed by atoms with Gasteiger partial charge in [0.2, 0.25) is 5.91 Å². The van der Waals surface area contributed by atoms with Crippen LogP contribution in [-0.2, 0) is 11.2 Å². The monoisotopic (exact) mass is 354 g/mol. The van der Waals surface area contributed by atoms with Crippen LogP contribution in [-0.4, -0.2) is 68.0 Å². The number of hydrogen-bond acceptors (Lipinski definition) is 5. The molecule has 3 aliphatic rings. The van der Waals surface area contributed by atoms with Gasteiger partial charge >= 0.3 is 0 Å². The van der Waals surface area contributed by atoms with Crippen LogP contribution in [0.2, 0.25) is 0 Å². The van der Waals surface area contributed by atoms with Crippen LogP contribution in [0.4, 0.5) is 0 Å². The first-order valence-corrected chi connectivity index (χ1v) is 9.91. The fourth-order valence-corrected chi connectivity index (χ4v) is 4.76. The van der Waals surface area contributed by atoms with Crippen molar-refractivity contribution in [2.45, 2.75) is 32.1 Å². The third-order valence-corrected chi connectivity index (χ3v) is 6.36. The minimum Gasteiger partial charge on any atom is -0.340 e. The summed E-state index contributed by atoms with van der Waals surface area (Å²) in [6.07, 6.45) is 9.54. The second-order valence-electron chi connectivity index (χ2n) is 8.19. The number of carbonyl (C=O) groups is 1. The Kier molecular flexibility index (Phi) is 4.11. The number of piperazine rings is 1. The molecule has 26 heavy (non-hydrogen) atoms. The summed E-state index contributed by atoms with van der Waals surface area (Å²) in [7, 11) is 0. The molecule has 1 aliphatic heterocycles. The maximum Gasteiger partial charge on any atom is 0.252 e. The van der Waals surface area contributed by atoms with E-state index in [1.807, 2.05) is 11.0 Å². The van der Waals surface area contributed by atoms with Crippen molar-refractivity contribution in [3.8, 4) is 0 Å². The standard InChI is InChI=1S/C19H26N6O/c26-18(12-17-21-19-20-4-1-5-25(19)22-17)24-8-6-23(7-9-24)13-14-2-3-15-11-16(15)10-14/h1,4-5,14-16H,2-3,6-13H2. The van der Waals surface area contributed by atoms with Crippen LogP contribution < -0.4 is 0 Å². The molecule has 2 aliphatic carbocycles. The summed E-state index contributed by atoms with van der Waals surface area (Å²) >= 11 is 0. The molecule has 0 bridgehead atoms. The van der Waals surface area contributed by atoms with Gasteiger partial charge in [0.1, 0.15) is 0 Å². The predicted octanol–water partition coefficient (Wildman–Crippen LogP) is 1.25. The molecule has 0 aromatic carbocycles. The molecule has 2 aromatic rings. The lowest BCUT2D eigenvalue weighted by molar-refractivity contribution is -0.132. The molecule has 2 aromatic heterocycles. The molecular weight excluding hydrogens is 328 g/mol. The first-order chi connectivity index (χ1) is 12.7. The third-order valence-electron chi connectivity index (χ3n) is 6.36. The fraction of sp³-hybridized carbons (Fsp3) is 0.684. The minimum absolute atomic E-state index is 0.124. The highest BCUT2D eigenvalue weighted by molar-refractivity contribution is 5.78. The molecule has 7 nitrogen and oxygen atoms in total. The number of carbonyl (C=O) groups excluding carboxylic acids is 1. The van der Waals surface area contributed by atoms with Crippen molar-refractivity contribution in [3.05, 3.63) is 24.3 Å². The largest absolute Gasteiger partial charge is 0.340 e. The van der Waals surface area contributed by atoms with Crippen LogP contribution in [0.25, 0.3) is 5.78 Å². The zero-order valence-corrected chi connectivity index (χ0v) is 15.1. The zero-order valence-electron chi connectivity index (χ0n) is 15.1. The predicted molar refractivity (Wildman–Crippen MR) is 96.4 cm³/mol. The molecule has 7 heteroatoms. The SMILES string of the molecule is O=C(Cc1nc2ncccn2n1)N1CCN(CC2CCC3CC3C2)CC1. The van der Waals surface area contributed by atoms with E-state index in [9.17, 15) is 4.79 Å². The molecule has 1 amide bonds. The van der Waals surface area contributed by atoms with Crippen LogP contribution in [0.5, 0.6) is 0 Å². The van der Waals surface area contributed by atoms with E-state index in [-0.39, 0.29) is 12.3 Å². The van der Waals surface area contributed by atoms with Gasteiger partial charge in [-0.1, -0.05) is 0 Å². The first-order valence-electron chi connectivity index (χ1n) is 9.91. The Morgan fingerprint density at radius 2 is 2.00 bits per heavy atom. The van der Waals surface area contributed by atoms with Gasteiger partial charge < -0.3 is 4.90 Å². The maximum absolute atomic E-state index is 12.6. The van der Waals surface area contributed by atoms with E-state index in [4.69, 9.17) is 0 Å². The summed E-state index contributed by atoms with van der Waals surface area (Å²) in [5.41, 5.74) is 0. The summed E-state index contributed by atoms with van der Waals surface area (Å²) in [4.78, 5) is 25.6. The lowest BCUT2D eigenvalue weighted by Gasteiger charge is -2.37. The Bertz CT molecular complexity index is 763. The molecule has 0 spiro atoms. The highest BCUT2D eigenvalue weighted by Crippen LogP contribution is 2.51. The average molecular weight is 354 g/mol. The van der Waals surface area contributed by atoms with Gasteiger partial charge in [-0.3, -0.25) is 9.69 Å². The number of aromatic nitrogens is 4. The molecular formula is C19H26N6O. The second-order valence-corrected chi connectivity index (χ2v) is 8.19. The van der Waals surface area contributed by atoms with Crippen molar-refractivity contribution < 1.29 is 4.79 Å². The molecule has 3 heterocycles. The molecule has 0 radical (unpaired) electrons. The van der Waals surface area contributed by atoms with Gasteiger partial charge in [-0.15, -0.1) is 5.10 Å². The first kappa shape index (κ1) is 16.2. The smallest absolute Gasteiger partial charge is 0.252 e. The Morgan fingerprint density at radius 1 is 1.12 bits per heavy atom. The van der Waals surface area contributed by atoms with Gasteiger partial charge in [0.25, 0.3) is 5.78 Å². The topological polar surface area (TPSA) is 66.6 Å². The van der Waals surface area contributed by atoms with Crippen molar-refractivity contribution >= 4 is 11.7 Å². The van der Waals surface area contributed by atoms with E-state index in [1.165, 1.54) is 32.2 Å². The Morgan fingerprint density at radius 3 is 2.81 bits per heavy atom. The lowest BCUT2D eigenvalue weighted by Crippen LogP contribution is -2.50. The maximum atomic E-state index is 12.6. The van der Waals surface area contributed by atoms with Crippen LogP contribution in [0.15, 0.2) is 18.5 Å². The van der Waals surface area contributed by atoms with E-state index in [0.717, 1.165) is 43.9 Å². The van der Waals surface area contributed by atoms with E-state index in [0.29, 0.717) is 11.6 Å². The summed E-state index contributed by atoms with van der Waals surface area (Å²) < 4.78 is 1.62. The van der Waals surface area contributed by atoms with Crippen LogP contribution in [0, 0.1) is 17.8 Å². The summed E-state index contributed by atoms with van der Waals surface area (Å²) in [5, 5.41) is 4.34. The Hall–Kier alpha value is -2.02. The number of nitrogens with zero attached hydrogens (tertiary/aromatic N) is 6. The molecule has 2 saturated carbocycles. The zero-order chi connectivity index (χ0) is 17.5. The third kappa shape index (κ3) is 3.32. The highest BCUT2D eigenvalue weighted by atomic mass is 16.2. The summed E-state index contributed by atoms with van der Waals surface area (Å²) in [6.45, 7) is 4.87. The highest BCUT2D eigenvalue weighted by Gasteiger charge is 2.42. The molecule has 5 rings (SSSR count). The number of fused-ring (bicyclic) bond motifs is 2. The fourth-order valence-electron chi connectivity index (χ4n) is 4.76. The minimum atomic E-state index is 0.124. The van der Waals surface area contributed by atoms with E-state index < -0.39 is 0 Å². The normalized spacial score (nSPS) is 28.9. The van der Waals surface area contributed by atoms with Gasteiger partial charge in [0.05, 0.1) is 6.42 Å². The quantitative estimate of drug-likeness (QED) is 0.827. The van der Waals surface area contributed by atoms with E-state index in [2.05, 4.69) is 20.0 Å². The molecule has 138 valence electrons. The lowest BCUT2D eigenvalue weighted by atomic mass is 9.89. The number of amides is 1. The van der Waals surface area contributed by atoms with Crippen molar-refractivity contribution in [2.24, 2.45) is 17.8 Å². The summed E-state index contributed by atoms with van der Waals surface area (Å²) in [5.74, 6) is 4.23. The number of hydrogen-bond donors (Lipinski definition) is 0. The molecule has 0 N–H and O–H groups in total. The van der Waals surface area contributed by atoms with E-state index in [1.54, 1.807) is 16.9 Å². The van der Waals surface area contributed by atoms with E-state index >= 15 is 0 Å². The molecule has 3 fully saturated rings. The Balaban J connectivity index is 1.12. The van der Waals surface area contributed by atoms with Crippen molar-refractivity contribution in [2.75, 3.05) is 32.7 Å². The van der Waals surface area contributed by atoms with Gasteiger partial charge in [-0.05, 0) is 49.5 Å². The second kappa shape index (κ2) is 6.61. The van der Waals surface area contributed by atoms with Crippen LogP contribution in [0.1, 0.15) is 31.5 Å². The van der Waals surface area contributed by atoms with Gasteiger partial charge in [-0.25, -0.2) is 9.50 Å². The molecule has 3 atom stereocenters. The molecule has 1 saturated heterocycles. The van der Waals surface area contributed by atoms with Crippen molar-refractivity contribution in [1.29, 1.82) is 0 Å². The van der Waals surface area contributed by atoms with Gasteiger partial charge in [0, 0.05) is 45.1 Å². The van der Waals surface area contributed by atoms with Crippen molar-refractivity contribution in [1.82, 2.24) is 29.4 Å². The molecule has 3 unspecified atom stereocenters. The van der Waals surface area contributed by atoms with Crippen LogP contribution in [0.3, 0.4) is 0 Å². The van der Waals surface area contributed by atoms with Gasteiger partial charge in [0.15, 0.2) is 5.82 Å².